The molecule has 0 aliphatic carbocycles. The number of rotatable bonds is 8. The average Bonchev–Trinajstić information content (AvgIpc) is 2.83. The molecule has 3 rings (SSSR count). The lowest BCUT2D eigenvalue weighted by atomic mass is 9.85. The van der Waals surface area contributed by atoms with Crippen LogP contribution in [0.25, 0.3) is 0 Å². The number of hydrogen-bond acceptors (Lipinski definition) is 4. The van der Waals surface area contributed by atoms with Crippen LogP contribution in [-0.2, 0) is 19.7 Å². The Morgan fingerprint density at radius 3 is 2.09 bits per heavy atom. The predicted molar refractivity (Wildman–Crippen MR) is 128 cm³/mol. The first-order chi connectivity index (χ1) is 15.8. The van der Waals surface area contributed by atoms with Crippen molar-refractivity contribution in [2.24, 2.45) is 0 Å². The summed E-state index contributed by atoms with van der Waals surface area (Å²) in [6, 6.07) is 25.3. The van der Waals surface area contributed by atoms with E-state index in [1.54, 1.807) is 38.1 Å². The Kier molecular flexibility index (Phi) is 7.61. The van der Waals surface area contributed by atoms with Crippen molar-refractivity contribution in [1.82, 2.24) is 5.32 Å². The molecule has 0 radical (unpaired) electrons. The normalized spacial score (nSPS) is 11.8. The van der Waals surface area contributed by atoms with Crippen molar-refractivity contribution < 1.29 is 19.1 Å². The van der Waals surface area contributed by atoms with E-state index in [2.05, 4.69) is 10.6 Å². The summed E-state index contributed by atoms with van der Waals surface area (Å²) in [5.74, 6) is -1.35. The molecular formula is C27H28N2O4. The molecule has 3 aromatic rings. The van der Waals surface area contributed by atoms with Gasteiger partial charge in [0.15, 0.2) is 6.61 Å². The van der Waals surface area contributed by atoms with Crippen LogP contribution in [-0.4, -0.2) is 24.4 Å². The molecule has 0 fully saturated rings. The Hall–Kier alpha value is -3.93. The smallest absolute Gasteiger partial charge is 0.316 e. The summed E-state index contributed by atoms with van der Waals surface area (Å²) >= 11 is 0. The van der Waals surface area contributed by atoms with E-state index in [0.717, 1.165) is 11.1 Å². The summed E-state index contributed by atoms with van der Waals surface area (Å²) in [6.45, 7) is 4.93. The van der Waals surface area contributed by atoms with Crippen LogP contribution in [0.5, 0.6) is 0 Å². The standard InChI is InChI=1S/C27H28N2O4/c1-19(20-12-6-4-7-13-20)28-25(31)22-16-10-11-17-23(22)29-24(30)18-33-26(32)27(2,3)21-14-8-5-9-15-21/h4-17,19H,18H2,1-3H3,(H,28,31)(H,29,30). The molecule has 3 aromatic carbocycles. The van der Waals surface area contributed by atoms with E-state index in [1.807, 2.05) is 67.6 Å². The molecule has 0 aliphatic rings. The Morgan fingerprint density at radius 1 is 0.848 bits per heavy atom. The molecule has 0 spiro atoms. The molecule has 6 nitrogen and oxygen atoms in total. The topological polar surface area (TPSA) is 84.5 Å². The van der Waals surface area contributed by atoms with Gasteiger partial charge in [-0.3, -0.25) is 14.4 Å². The molecule has 2 N–H and O–H groups in total. The Labute approximate surface area is 194 Å². The van der Waals surface area contributed by atoms with Gasteiger partial charge in [-0.05, 0) is 44.0 Å². The van der Waals surface area contributed by atoms with Crippen LogP contribution in [0.3, 0.4) is 0 Å². The van der Waals surface area contributed by atoms with E-state index < -0.39 is 23.9 Å². The SMILES string of the molecule is CC(NC(=O)c1ccccc1NC(=O)COC(=O)C(C)(C)c1ccccc1)c1ccccc1. The first-order valence-electron chi connectivity index (χ1n) is 10.8. The number of carbonyl (C=O) groups is 3. The summed E-state index contributed by atoms with van der Waals surface area (Å²) in [7, 11) is 0. The summed E-state index contributed by atoms with van der Waals surface area (Å²) in [4.78, 5) is 37.9. The van der Waals surface area contributed by atoms with E-state index >= 15 is 0 Å². The van der Waals surface area contributed by atoms with Gasteiger partial charge in [-0.2, -0.15) is 0 Å². The Bertz CT molecular complexity index is 1110. The second-order valence-corrected chi connectivity index (χ2v) is 8.27. The van der Waals surface area contributed by atoms with Gasteiger partial charge in [-0.25, -0.2) is 0 Å². The molecule has 170 valence electrons. The zero-order valence-corrected chi connectivity index (χ0v) is 19.0. The molecule has 33 heavy (non-hydrogen) atoms. The number of anilines is 1. The fraction of sp³-hybridized carbons (Fsp3) is 0.222. The highest BCUT2D eigenvalue weighted by Gasteiger charge is 2.31. The summed E-state index contributed by atoms with van der Waals surface area (Å²) in [5, 5.41) is 5.61. The van der Waals surface area contributed by atoms with Crippen molar-refractivity contribution in [2.45, 2.75) is 32.2 Å². The van der Waals surface area contributed by atoms with E-state index in [9.17, 15) is 14.4 Å². The summed E-state index contributed by atoms with van der Waals surface area (Å²) in [5.41, 5.74) is 1.54. The second-order valence-electron chi connectivity index (χ2n) is 8.27. The van der Waals surface area contributed by atoms with E-state index in [4.69, 9.17) is 4.74 Å². The molecule has 1 unspecified atom stereocenters. The molecule has 2 amide bonds. The van der Waals surface area contributed by atoms with Gasteiger partial charge in [0, 0.05) is 0 Å². The quantitative estimate of drug-likeness (QED) is 0.496. The molecule has 0 heterocycles. The number of para-hydroxylation sites is 1. The minimum atomic E-state index is -0.896. The highest BCUT2D eigenvalue weighted by molar-refractivity contribution is 6.04. The van der Waals surface area contributed by atoms with Gasteiger partial charge in [-0.15, -0.1) is 0 Å². The summed E-state index contributed by atoms with van der Waals surface area (Å²) in [6.07, 6.45) is 0. The number of benzene rings is 3. The first kappa shape index (κ1) is 23.7. The van der Waals surface area contributed by atoms with E-state index in [-0.39, 0.29) is 11.9 Å². The second kappa shape index (κ2) is 10.6. The van der Waals surface area contributed by atoms with Crippen LogP contribution in [0.4, 0.5) is 5.69 Å². The largest absolute Gasteiger partial charge is 0.455 e. The number of esters is 1. The molecule has 0 bridgehead atoms. The molecule has 0 aliphatic heterocycles. The highest BCUT2D eigenvalue weighted by atomic mass is 16.5. The van der Waals surface area contributed by atoms with Crippen molar-refractivity contribution in [3.05, 3.63) is 102 Å². The van der Waals surface area contributed by atoms with Gasteiger partial charge < -0.3 is 15.4 Å². The van der Waals surface area contributed by atoms with Crippen LogP contribution in [0.1, 0.15) is 48.3 Å². The number of hydrogen-bond donors (Lipinski definition) is 2. The third kappa shape index (κ3) is 6.07. The molecule has 6 heteroatoms. The van der Waals surface area contributed by atoms with E-state index in [0.29, 0.717) is 11.3 Å². The lowest BCUT2D eigenvalue weighted by molar-refractivity contribution is -0.152. The number of amides is 2. The van der Waals surface area contributed by atoms with Crippen LogP contribution in [0.15, 0.2) is 84.9 Å². The molecule has 0 saturated heterocycles. The van der Waals surface area contributed by atoms with Gasteiger partial charge >= 0.3 is 5.97 Å². The number of nitrogens with one attached hydrogen (secondary N) is 2. The monoisotopic (exact) mass is 444 g/mol. The van der Waals surface area contributed by atoms with Crippen molar-refractivity contribution >= 4 is 23.5 Å². The highest BCUT2D eigenvalue weighted by Crippen LogP contribution is 2.24. The zero-order valence-electron chi connectivity index (χ0n) is 19.0. The summed E-state index contributed by atoms with van der Waals surface area (Å²) < 4.78 is 5.27. The molecular weight excluding hydrogens is 416 g/mol. The average molecular weight is 445 g/mol. The maximum atomic E-state index is 12.8. The Morgan fingerprint density at radius 2 is 1.42 bits per heavy atom. The minimum absolute atomic E-state index is 0.205. The first-order valence-corrected chi connectivity index (χ1v) is 10.8. The molecule has 0 aromatic heterocycles. The third-order valence-electron chi connectivity index (χ3n) is 5.43. The van der Waals surface area contributed by atoms with Crippen molar-refractivity contribution in [3.8, 4) is 0 Å². The van der Waals surface area contributed by atoms with Crippen LogP contribution >= 0.6 is 0 Å². The van der Waals surface area contributed by atoms with Crippen molar-refractivity contribution in [1.29, 1.82) is 0 Å². The van der Waals surface area contributed by atoms with Gasteiger partial charge in [0.1, 0.15) is 0 Å². The Balaban J connectivity index is 1.61. The number of carbonyl (C=O) groups excluding carboxylic acids is 3. The van der Waals surface area contributed by atoms with Crippen LogP contribution < -0.4 is 10.6 Å². The van der Waals surface area contributed by atoms with Crippen molar-refractivity contribution in [3.63, 3.8) is 0 Å². The van der Waals surface area contributed by atoms with Crippen LogP contribution in [0.2, 0.25) is 0 Å². The van der Waals surface area contributed by atoms with Crippen LogP contribution in [0, 0.1) is 0 Å². The zero-order chi connectivity index (χ0) is 23.8. The molecule has 1 atom stereocenters. The minimum Gasteiger partial charge on any atom is -0.455 e. The van der Waals surface area contributed by atoms with Crippen molar-refractivity contribution in [2.75, 3.05) is 11.9 Å². The van der Waals surface area contributed by atoms with Gasteiger partial charge in [0.05, 0.1) is 22.7 Å². The lowest BCUT2D eigenvalue weighted by Crippen LogP contribution is -2.34. The fourth-order valence-corrected chi connectivity index (χ4v) is 3.36. The fourth-order valence-electron chi connectivity index (χ4n) is 3.36. The molecule has 0 saturated carbocycles. The maximum Gasteiger partial charge on any atom is 0.316 e. The van der Waals surface area contributed by atoms with E-state index in [1.165, 1.54) is 0 Å². The predicted octanol–water partition coefficient (Wildman–Crippen LogP) is 4.64. The van der Waals surface area contributed by atoms with Gasteiger partial charge in [0.2, 0.25) is 0 Å². The van der Waals surface area contributed by atoms with Gasteiger partial charge in [-0.1, -0.05) is 72.8 Å². The maximum absolute atomic E-state index is 12.8. The third-order valence-corrected chi connectivity index (χ3v) is 5.43. The number of ether oxygens (including phenoxy) is 1. The van der Waals surface area contributed by atoms with Gasteiger partial charge in [0.25, 0.3) is 11.8 Å². The lowest BCUT2D eigenvalue weighted by Gasteiger charge is -2.23.